The summed E-state index contributed by atoms with van der Waals surface area (Å²) in [5.74, 6) is -2.43. The molecule has 0 radical (unpaired) electrons. The summed E-state index contributed by atoms with van der Waals surface area (Å²) >= 11 is 0. The molecule has 1 fully saturated rings. The minimum atomic E-state index is -1.46. The molecule has 1 heterocycles. The van der Waals surface area contributed by atoms with Crippen molar-refractivity contribution in [3.8, 4) is 11.5 Å². The highest BCUT2D eigenvalue weighted by Crippen LogP contribution is 2.42. The molecule has 1 aromatic carbocycles. The molecule has 0 aliphatic carbocycles. The van der Waals surface area contributed by atoms with Gasteiger partial charge in [0.05, 0.1) is 7.11 Å². The van der Waals surface area contributed by atoms with Gasteiger partial charge in [0.15, 0.2) is 11.5 Å². The van der Waals surface area contributed by atoms with Gasteiger partial charge in [-0.25, -0.2) is 0 Å². The number of carbonyl (C=O) groups is 2. The van der Waals surface area contributed by atoms with E-state index in [2.05, 4.69) is 0 Å². The number of hydrogen-bond donors (Lipinski definition) is 1. The van der Waals surface area contributed by atoms with E-state index in [0.29, 0.717) is 23.3 Å². The molecular formula is C15H18O6. The van der Waals surface area contributed by atoms with Crippen LogP contribution in [0.25, 0.3) is 0 Å². The minimum absolute atomic E-state index is 0.0159. The normalized spacial score (nSPS) is 17.1. The zero-order chi connectivity index (χ0) is 15.6. The second-order valence-electron chi connectivity index (χ2n) is 4.73. The van der Waals surface area contributed by atoms with E-state index in [-0.39, 0.29) is 12.2 Å². The van der Waals surface area contributed by atoms with Gasteiger partial charge in [0, 0.05) is 17.5 Å². The van der Waals surface area contributed by atoms with Gasteiger partial charge < -0.3 is 19.3 Å². The van der Waals surface area contributed by atoms with Gasteiger partial charge in [0.25, 0.3) is 5.79 Å². The van der Waals surface area contributed by atoms with Crippen LogP contribution in [-0.2, 0) is 31.3 Å². The van der Waals surface area contributed by atoms with E-state index in [0.717, 1.165) is 0 Å². The highest BCUT2D eigenvalue weighted by molar-refractivity contribution is 5.93. The Morgan fingerprint density at radius 1 is 1.24 bits per heavy atom. The van der Waals surface area contributed by atoms with Crippen LogP contribution in [0.15, 0.2) is 12.1 Å². The zero-order valence-corrected chi connectivity index (χ0v) is 12.3. The summed E-state index contributed by atoms with van der Waals surface area (Å²) in [5.41, 5.74) is 1.16. The number of cyclic esters (lactones) is 2. The Kier molecular flexibility index (Phi) is 4.06. The molecule has 21 heavy (non-hydrogen) atoms. The van der Waals surface area contributed by atoms with Crippen LogP contribution in [0.2, 0.25) is 0 Å². The predicted octanol–water partition coefficient (Wildman–Crippen LogP) is 2.02. The van der Waals surface area contributed by atoms with Crippen molar-refractivity contribution in [1.82, 2.24) is 0 Å². The summed E-state index contributed by atoms with van der Waals surface area (Å²) in [6.07, 6.45) is 0.396. The van der Waals surface area contributed by atoms with Gasteiger partial charge in [-0.15, -0.1) is 0 Å². The maximum Gasteiger partial charge on any atom is 0.320 e. The van der Waals surface area contributed by atoms with Crippen LogP contribution in [0.5, 0.6) is 11.5 Å². The molecule has 1 aliphatic heterocycles. The number of aromatic hydroxyl groups is 1. The number of benzene rings is 1. The average molecular weight is 294 g/mol. The third-order valence-corrected chi connectivity index (χ3v) is 3.52. The fourth-order valence-electron chi connectivity index (χ4n) is 2.57. The lowest BCUT2D eigenvalue weighted by Gasteiger charge is -2.36. The molecule has 1 N–H and O–H groups in total. The summed E-state index contributed by atoms with van der Waals surface area (Å²) in [4.78, 5) is 23.3. The highest BCUT2D eigenvalue weighted by Gasteiger charge is 2.45. The first-order valence-corrected chi connectivity index (χ1v) is 6.80. The van der Waals surface area contributed by atoms with Crippen LogP contribution in [0.3, 0.4) is 0 Å². The molecule has 1 saturated heterocycles. The molecule has 0 unspecified atom stereocenters. The van der Waals surface area contributed by atoms with Gasteiger partial charge in [-0.2, -0.15) is 0 Å². The molecule has 0 saturated carbocycles. The predicted molar refractivity (Wildman–Crippen MR) is 72.8 cm³/mol. The van der Waals surface area contributed by atoms with Crippen molar-refractivity contribution >= 4 is 11.9 Å². The number of hydrogen-bond acceptors (Lipinski definition) is 6. The lowest BCUT2D eigenvalue weighted by Crippen LogP contribution is -2.43. The van der Waals surface area contributed by atoms with Crippen molar-refractivity contribution in [1.29, 1.82) is 0 Å². The van der Waals surface area contributed by atoms with E-state index in [1.54, 1.807) is 13.0 Å². The number of carbonyl (C=O) groups excluding carboxylic acids is 2. The van der Waals surface area contributed by atoms with Gasteiger partial charge in [-0.3, -0.25) is 9.59 Å². The molecule has 0 atom stereocenters. The summed E-state index contributed by atoms with van der Waals surface area (Å²) in [6.45, 7) is 3.63. The molecule has 1 aliphatic rings. The standard InChI is InChI=1S/C15H18O6/c1-4-9-10(6-7-11(16)14(9)19-3)15(5-2)20-12(17)8-13(18)21-15/h6-7,16H,4-5,8H2,1-3H3. The number of methoxy groups -OCH3 is 1. The van der Waals surface area contributed by atoms with Gasteiger partial charge in [-0.05, 0) is 18.6 Å². The Bertz CT molecular complexity index is 562. The second kappa shape index (κ2) is 5.63. The van der Waals surface area contributed by atoms with Crippen LogP contribution in [0.4, 0.5) is 0 Å². The van der Waals surface area contributed by atoms with Crippen molar-refractivity contribution in [2.24, 2.45) is 0 Å². The van der Waals surface area contributed by atoms with Crippen LogP contribution in [0, 0.1) is 0 Å². The molecule has 0 aromatic heterocycles. The molecule has 6 nitrogen and oxygen atoms in total. The second-order valence-corrected chi connectivity index (χ2v) is 4.73. The number of ether oxygens (including phenoxy) is 3. The van der Waals surface area contributed by atoms with E-state index < -0.39 is 24.1 Å². The van der Waals surface area contributed by atoms with E-state index in [4.69, 9.17) is 14.2 Å². The summed E-state index contributed by atoms with van der Waals surface area (Å²) < 4.78 is 15.9. The first-order chi connectivity index (χ1) is 9.97. The number of phenols is 1. The average Bonchev–Trinajstić information content (AvgIpc) is 2.45. The van der Waals surface area contributed by atoms with E-state index in [1.807, 2.05) is 6.92 Å². The minimum Gasteiger partial charge on any atom is -0.504 e. The summed E-state index contributed by atoms with van der Waals surface area (Å²) in [5, 5.41) is 9.87. The number of esters is 2. The highest BCUT2D eigenvalue weighted by atomic mass is 16.7. The zero-order valence-electron chi connectivity index (χ0n) is 12.3. The quantitative estimate of drug-likeness (QED) is 0.675. The van der Waals surface area contributed by atoms with Crippen LogP contribution < -0.4 is 4.74 Å². The van der Waals surface area contributed by atoms with Crippen LogP contribution in [0.1, 0.15) is 37.8 Å². The van der Waals surface area contributed by atoms with Gasteiger partial charge in [0.2, 0.25) is 0 Å². The fraction of sp³-hybridized carbons (Fsp3) is 0.467. The van der Waals surface area contributed by atoms with Crippen molar-refractivity contribution in [3.63, 3.8) is 0 Å². The molecule has 0 amide bonds. The number of phenolic OH excluding ortho intramolecular Hbond substituents is 1. The Morgan fingerprint density at radius 3 is 2.33 bits per heavy atom. The van der Waals surface area contributed by atoms with Gasteiger partial charge >= 0.3 is 11.9 Å². The fourth-order valence-corrected chi connectivity index (χ4v) is 2.57. The van der Waals surface area contributed by atoms with E-state index >= 15 is 0 Å². The summed E-state index contributed by atoms with van der Waals surface area (Å²) in [7, 11) is 1.44. The van der Waals surface area contributed by atoms with E-state index in [9.17, 15) is 14.7 Å². The van der Waals surface area contributed by atoms with E-state index in [1.165, 1.54) is 13.2 Å². The van der Waals surface area contributed by atoms with Crippen LogP contribution in [-0.4, -0.2) is 24.2 Å². The first-order valence-electron chi connectivity index (χ1n) is 6.80. The Labute approximate surface area is 122 Å². The smallest absolute Gasteiger partial charge is 0.320 e. The monoisotopic (exact) mass is 294 g/mol. The largest absolute Gasteiger partial charge is 0.504 e. The third-order valence-electron chi connectivity index (χ3n) is 3.52. The third kappa shape index (κ3) is 2.53. The maximum atomic E-state index is 11.6. The molecule has 0 bridgehead atoms. The SMILES string of the molecule is CCc1c(C2(CC)OC(=O)CC(=O)O2)ccc(O)c1OC. The molecule has 2 rings (SSSR count). The summed E-state index contributed by atoms with van der Waals surface area (Å²) in [6, 6.07) is 3.02. The first kappa shape index (κ1) is 15.2. The van der Waals surface area contributed by atoms with Gasteiger partial charge in [0.1, 0.15) is 6.42 Å². The van der Waals surface area contributed by atoms with Crippen molar-refractivity contribution in [3.05, 3.63) is 23.3 Å². The molecule has 114 valence electrons. The molecular weight excluding hydrogens is 276 g/mol. The molecule has 6 heteroatoms. The maximum absolute atomic E-state index is 11.6. The molecule has 1 aromatic rings. The Balaban J connectivity index is 2.62. The lowest BCUT2D eigenvalue weighted by atomic mass is 9.93. The Morgan fingerprint density at radius 2 is 1.86 bits per heavy atom. The van der Waals surface area contributed by atoms with Crippen molar-refractivity contribution < 1.29 is 28.9 Å². The number of rotatable bonds is 4. The Hall–Kier alpha value is -2.24. The van der Waals surface area contributed by atoms with Crippen LogP contribution >= 0.6 is 0 Å². The lowest BCUT2D eigenvalue weighted by molar-refractivity contribution is -0.251. The van der Waals surface area contributed by atoms with Gasteiger partial charge in [-0.1, -0.05) is 13.8 Å². The van der Waals surface area contributed by atoms with Crippen molar-refractivity contribution in [2.75, 3.05) is 7.11 Å². The molecule has 0 spiro atoms. The topological polar surface area (TPSA) is 82.1 Å². The van der Waals surface area contributed by atoms with Crippen molar-refractivity contribution in [2.45, 2.75) is 38.9 Å².